The molecule has 0 aliphatic carbocycles. The fourth-order valence-electron chi connectivity index (χ4n) is 1.86. The van der Waals surface area contributed by atoms with Crippen LogP contribution in [-0.2, 0) is 0 Å². The molecule has 1 heterocycles. The van der Waals surface area contributed by atoms with Gasteiger partial charge in [-0.2, -0.15) is 0 Å². The van der Waals surface area contributed by atoms with E-state index in [0.29, 0.717) is 0 Å². The van der Waals surface area contributed by atoms with Crippen LogP contribution in [0, 0.1) is 17.0 Å². The molecule has 1 fully saturated rings. The molecule has 2 rings (SSSR count). The van der Waals surface area contributed by atoms with Crippen LogP contribution in [0.15, 0.2) is 34.3 Å². The average Bonchev–Trinajstić information content (AvgIpc) is 2.85. The molecule has 0 saturated carbocycles. The number of hydrogen-bond donors (Lipinski definition) is 0. The Morgan fingerprint density at radius 3 is 3.05 bits per heavy atom. The second kappa shape index (κ2) is 6.90. The minimum atomic E-state index is -0.388. The summed E-state index contributed by atoms with van der Waals surface area (Å²) >= 11 is 4.97. The Hall–Kier alpha value is -1.34. The van der Waals surface area contributed by atoms with Gasteiger partial charge in [0.1, 0.15) is 0 Å². The van der Waals surface area contributed by atoms with Crippen LogP contribution in [0.3, 0.4) is 0 Å². The van der Waals surface area contributed by atoms with Crippen molar-refractivity contribution in [1.82, 2.24) is 4.90 Å². The number of nitro groups is 1. The summed E-state index contributed by atoms with van der Waals surface area (Å²) < 4.78 is 0. The largest absolute Gasteiger partial charge is 0.347 e. The van der Waals surface area contributed by atoms with Crippen molar-refractivity contribution in [3.8, 4) is 0 Å². The van der Waals surface area contributed by atoms with Crippen LogP contribution in [0.4, 0.5) is 11.4 Å². The average molecular weight is 356 g/mol. The van der Waals surface area contributed by atoms with Crippen molar-refractivity contribution in [2.45, 2.75) is 6.92 Å². The summed E-state index contributed by atoms with van der Waals surface area (Å²) in [5.74, 6) is 1.01. The molecule has 0 N–H and O–H groups in total. The summed E-state index contributed by atoms with van der Waals surface area (Å²) in [6, 6.07) is 4.76. The third-order valence-electron chi connectivity index (χ3n) is 2.89. The first-order chi connectivity index (χ1) is 9.61. The maximum absolute atomic E-state index is 10.7. The lowest BCUT2D eigenvalue weighted by molar-refractivity contribution is -0.384. The zero-order chi connectivity index (χ0) is 14.5. The minimum Gasteiger partial charge on any atom is -0.347 e. The van der Waals surface area contributed by atoms with Gasteiger partial charge in [-0.1, -0.05) is 33.8 Å². The monoisotopic (exact) mass is 355 g/mol. The zero-order valence-electron chi connectivity index (χ0n) is 11.0. The molecule has 0 amide bonds. The van der Waals surface area contributed by atoms with Gasteiger partial charge in [-0.25, -0.2) is 4.99 Å². The van der Waals surface area contributed by atoms with Crippen LogP contribution >= 0.6 is 27.7 Å². The van der Waals surface area contributed by atoms with Gasteiger partial charge in [0.15, 0.2) is 5.17 Å². The number of non-ortho nitro benzene ring substituents is 1. The highest BCUT2D eigenvalue weighted by atomic mass is 79.9. The van der Waals surface area contributed by atoms with Crippen molar-refractivity contribution in [3.05, 3.63) is 44.9 Å². The molecule has 1 aliphatic rings. The zero-order valence-corrected chi connectivity index (χ0v) is 13.4. The Labute approximate surface area is 130 Å². The molecule has 0 bridgehead atoms. The van der Waals surface area contributed by atoms with Crippen LogP contribution in [0.1, 0.15) is 5.56 Å². The van der Waals surface area contributed by atoms with Gasteiger partial charge < -0.3 is 4.90 Å². The molecule has 0 aromatic heterocycles. The summed E-state index contributed by atoms with van der Waals surface area (Å²) in [5.41, 5.74) is 1.70. The molecule has 1 saturated heterocycles. The predicted molar refractivity (Wildman–Crippen MR) is 87.0 cm³/mol. The SMILES string of the molecule is Cc1cc([N+](=O)[O-])ccc1/N=C1\SCCN1C/C=C\Br. The molecular weight excluding hydrogens is 342 g/mol. The van der Waals surface area contributed by atoms with Gasteiger partial charge in [-0.3, -0.25) is 10.1 Å². The quantitative estimate of drug-likeness (QED) is 0.607. The number of benzene rings is 1. The number of nitro benzene ring substituents is 1. The number of aliphatic imine (C=N–C) groups is 1. The van der Waals surface area contributed by atoms with E-state index in [-0.39, 0.29) is 10.6 Å². The van der Waals surface area contributed by atoms with E-state index in [4.69, 9.17) is 0 Å². The Morgan fingerprint density at radius 2 is 2.40 bits per heavy atom. The van der Waals surface area contributed by atoms with E-state index in [1.54, 1.807) is 23.9 Å². The van der Waals surface area contributed by atoms with Gasteiger partial charge in [-0.05, 0) is 23.5 Å². The van der Waals surface area contributed by atoms with Crippen molar-refractivity contribution in [2.24, 2.45) is 4.99 Å². The second-order valence-corrected chi connectivity index (χ2v) is 5.87. The molecule has 0 unspecified atom stereocenters. The molecule has 20 heavy (non-hydrogen) atoms. The van der Waals surface area contributed by atoms with E-state index in [9.17, 15) is 10.1 Å². The van der Waals surface area contributed by atoms with Crippen molar-refractivity contribution in [1.29, 1.82) is 0 Å². The lowest BCUT2D eigenvalue weighted by atomic mass is 10.2. The van der Waals surface area contributed by atoms with Gasteiger partial charge in [-0.15, -0.1) is 0 Å². The Morgan fingerprint density at radius 1 is 1.60 bits per heavy atom. The first-order valence-electron chi connectivity index (χ1n) is 6.08. The van der Waals surface area contributed by atoms with Gasteiger partial charge in [0, 0.05) is 31.0 Å². The van der Waals surface area contributed by atoms with E-state index >= 15 is 0 Å². The number of thioether (sulfide) groups is 1. The van der Waals surface area contributed by atoms with Crippen molar-refractivity contribution < 1.29 is 4.92 Å². The lowest BCUT2D eigenvalue weighted by Crippen LogP contribution is -2.24. The fraction of sp³-hybridized carbons (Fsp3) is 0.308. The first kappa shape index (κ1) is 15.1. The Balaban J connectivity index is 2.23. The molecule has 0 atom stereocenters. The summed E-state index contributed by atoms with van der Waals surface area (Å²) in [7, 11) is 0. The smallest absolute Gasteiger partial charge is 0.269 e. The van der Waals surface area contributed by atoms with Crippen LogP contribution < -0.4 is 0 Å². The molecular formula is C13H14BrN3O2S. The second-order valence-electron chi connectivity index (χ2n) is 4.28. The highest BCUT2D eigenvalue weighted by molar-refractivity contribution is 9.11. The highest BCUT2D eigenvalue weighted by Gasteiger charge is 2.18. The van der Waals surface area contributed by atoms with E-state index in [1.807, 2.05) is 18.0 Å². The van der Waals surface area contributed by atoms with E-state index in [1.165, 1.54) is 6.07 Å². The fourth-order valence-corrected chi connectivity index (χ4v) is 3.03. The maximum Gasteiger partial charge on any atom is 0.269 e. The van der Waals surface area contributed by atoms with E-state index in [2.05, 4.69) is 25.8 Å². The molecule has 7 heteroatoms. The number of halogens is 1. The van der Waals surface area contributed by atoms with Crippen molar-refractivity contribution in [3.63, 3.8) is 0 Å². The third-order valence-corrected chi connectivity index (χ3v) is 4.25. The van der Waals surface area contributed by atoms with Gasteiger partial charge in [0.05, 0.1) is 10.6 Å². The standard InChI is InChI=1S/C13H14BrN3O2S/c1-10-9-11(17(18)19)3-4-12(10)15-13-16(6-2-5-14)7-8-20-13/h2-5,9H,6-8H2,1H3/b5-2-,15-13-. The summed E-state index contributed by atoms with van der Waals surface area (Å²) in [6.07, 6.45) is 2.02. The number of aryl methyl sites for hydroxylation is 1. The Bertz CT molecular complexity index is 575. The molecule has 1 aliphatic heterocycles. The van der Waals surface area contributed by atoms with Gasteiger partial charge in [0.2, 0.25) is 0 Å². The topological polar surface area (TPSA) is 58.7 Å². The van der Waals surface area contributed by atoms with Crippen LogP contribution in [0.5, 0.6) is 0 Å². The Kier molecular flexibility index (Phi) is 5.19. The molecule has 5 nitrogen and oxygen atoms in total. The minimum absolute atomic E-state index is 0.101. The molecule has 0 spiro atoms. The number of rotatable bonds is 4. The van der Waals surface area contributed by atoms with Crippen molar-refractivity contribution in [2.75, 3.05) is 18.8 Å². The molecule has 106 valence electrons. The lowest BCUT2D eigenvalue weighted by Gasteiger charge is -2.15. The number of nitrogens with zero attached hydrogens (tertiary/aromatic N) is 3. The molecule has 1 aromatic carbocycles. The van der Waals surface area contributed by atoms with Crippen LogP contribution in [-0.4, -0.2) is 33.8 Å². The predicted octanol–water partition coefficient (Wildman–Crippen LogP) is 3.85. The summed E-state index contributed by atoms with van der Waals surface area (Å²) in [6.45, 7) is 3.62. The first-order valence-corrected chi connectivity index (χ1v) is 7.98. The molecule has 0 radical (unpaired) electrons. The summed E-state index contributed by atoms with van der Waals surface area (Å²) in [5, 5.41) is 11.7. The van der Waals surface area contributed by atoms with Gasteiger partial charge >= 0.3 is 0 Å². The highest BCUT2D eigenvalue weighted by Crippen LogP contribution is 2.27. The van der Waals surface area contributed by atoms with Crippen molar-refractivity contribution >= 4 is 44.2 Å². The normalized spacial score (nSPS) is 17.3. The maximum atomic E-state index is 10.7. The van der Waals surface area contributed by atoms with Crippen LogP contribution in [0.2, 0.25) is 0 Å². The van der Waals surface area contributed by atoms with E-state index in [0.717, 1.165) is 35.3 Å². The number of amidine groups is 1. The van der Waals surface area contributed by atoms with Crippen LogP contribution in [0.25, 0.3) is 0 Å². The van der Waals surface area contributed by atoms with Gasteiger partial charge in [0.25, 0.3) is 5.69 Å². The summed E-state index contributed by atoms with van der Waals surface area (Å²) in [4.78, 5) is 19.0. The number of hydrogen-bond acceptors (Lipinski definition) is 4. The van der Waals surface area contributed by atoms with E-state index < -0.39 is 0 Å². The molecule has 1 aromatic rings. The third kappa shape index (κ3) is 3.61.